The highest BCUT2D eigenvalue weighted by Crippen LogP contribution is 2.55. The number of rotatable bonds is 9. The first-order valence-corrected chi connectivity index (χ1v) is 13.4. The van der Waals surface area contributed by atoms with E-state index in [0.29, 0.717) is 23.2 Å². The van der Waals surface area contributed by atoms with Gasteiger partial charge < -0.3 is 0 Å². The van der Waals surface area contributed by atoms with Gasteiger partial charge in [0.15, 0.2) is 0 Å². The predicted molar refractivity (Wildman–Crippen MR) is 136 cm³/mol. The van der Waals surface area contributed by atoms with Crippen LogP contribution < -0.4 is 4.67 Å². The Morgan fingerprint density at radius 3 is 2.61 bits per heavy atom. The second-order valence-electron chi connectivity index (χ2n) is 11.7. The van der Waals surface area contributed by atoms with Crippen molar-refractivity contribution in [2.24, 2.45) is 35.0 Å². The van der Waals surface area contributed by atoms with Crippen LogP contribution in [-0.2, 0) is 0 Å². The van der Waals surface area contributed by atoms with E-state index in [9.17, 15) is 0 Å². The lowest BCUT2D eigenvalue weighted by Gasteiger charge is -2.39. The molecule has 0 N–H and O–H groups in total. The first kappa shape index (κ1) is 22.8. The van der Waals surface area contributed by atoms with Gasteiger partial charge in [-0.3, -0.25) is 0 Å². The van der Waals surface area contributed by atoms with Gasteiger partial charge in [-0.15, -0.1) is 4.67 Å². The maximum atomic E-state index is 4.65. The second-order valence-corrected chi connectivity index (χ2v) is 11.7. The Balaban J connectivity index is 1.69. The molecule has 0 aromatic carbocycles. The maximum Gasteiger partial charge on any atom is 0.294 e. The van der Waals surface area contributed by atoms with Crippen molar-refractivity contribution in [1.82, 2.24) is 4.67 Å². The summed E-state index contributed by atoms with van der Waals surface area (Å²) < 4.78 is 4.65. The molecular weight excluding hydrogens is 374 g/mol. The number of fused-ring (bicyclic) bond motifs is 2. The summed E-state index contributed by atoms with van der Waals surface area (Å²) in [6, 6.07) is 0. The molecule has 0 bridgehead atoms. The highest BCUT2D eigenvalue weighted by atomic mass is 14.7. The molecule has 0 amide bonds. The van der Waals surface area contributed by atoms with Crippen molar-refractivity contribution >= 4 is 11.9 Å². The number of hydrogen-bond acceptors (Lipinski definition) is 0. The molecule has 170 valence electrons. The average molecular weight is 421 g/mol. The molecular formula is C30H46N+. The van der Waals surface area contributed by atoms with Crippen LogP contribution >= 0.6 is 0 Å². The Labute approximate surface area is 191 Å². The topological polar surface area (TPSA) is 14.1 Å². The Kier molecular flexibility index (Phi) is 6.83. The van der Waals surface area contributed by atoms with E-state index in [-0.39, 0.29) is 0 Å². The fraction of sp³-hybridized carbons (Fsp3) is 0.733. The Bertz CT molecular complexity index is 842. The van der Waals surface area contributed by atoms with Gasteiger partial charge in [0, 0.05) is 5.92 Å². The second kappa shape index (κ2) is 9.27. The summed E-state index contributed by atoms with van der Waals surface area (Å²) in [5.41, 5.74) is 8.80. The predicted octanol–water partition coefficient (Wildman–Crippen LogP) is 7.86. The molecule has 5 atom stereocenters. The minimum atomic E-state index is 0.360. The van der Waals surface area contributed by atoms with Crippen LogP contribution in [0, 0.1) is 35.0 Å². The van der Waals surface area contributed by atoms with Gasteiger partial charge in [-0.2, -0.15) is 0 Å². The number of unbranched alkanes of at least 4 members (excludes halogenated alkanes) is 1. The molecule has 1 heterocycles. The van der Waals surface area contributed by atoms with E-state index in [4.69, 9.17) is 0 Å². The first-order chi connectivity index (χ1) is 14.9. The smallest absolute Gasteiger partial charge is 0.106 e. The molecule has 0 spiro atoms. The van der Waals surface area contributed by atoms with Crippen LogP contribution in [0.5, 0.6) is 0 Å². The van der Waals surface area contributed by atoms with Gasteiger partial charge in [0.1, 0.15) is 6.42 Å². The summed E-state index contributed by atoms with van der Waals surface area (Å²) in [4.78, 5) is 0. The fourth-order valence-electron chi connectivity index (χ4n) is 6.82. The van der Waals surface area contributed by atoms with Crippen molar-refractivity contribution in [2.75, 3.05) is 0 Å². The van der Waals surface area contributed by atoms with E-state index in [2.05, 4.69) is 64.6 Å². The molecule has 3 aliphatic carbocycles. The van der Waals surface area contributed by atoms with Gasteiger partial charge >= 0.3 is 0 Å². The molecule has 1 nitrogen and oxygen atoms in total. The van der Waals surface area contributed by atoms with E-state index in [1.165, 1.54) is 63.5 Å². The van der Waals surface area contributed by atoms with Crippen molar-refractivity contribution < 1.29 is 0 Å². The third kappa shape index (κ3) is 4.32. The highest BCUT2D eigenvalue weighted by Gasteiger charge is 2.45. The van der Waals surface area contributed by atoms with Gasteiger partial charge in [-0.05, 0) is 78.4 Å². The Morgan fingerprint density at radius 1 is 1.19 bits per heavy atom. The van der Waals surface area contributed by atoms with Crippen molar-refractivity contribution in [3.8, 4) is 0 Å². The normalized spacial score (nSPS) is 29.5. The minimum absolute atomic E-state index is 0.360. The highest BCUT2D eigenvalue weighted by molar-refractivity contribution is 6.04. The average Bonchev–Trinajstić information content (AvgIpc) is 3.09. The van der Waals surface area contributed by atoms with Crippen molar-refractivity contribution in [3.63, 3.8) is 0 Å². The van der Waals surface area contributed by atoms with Crippen molar-refractivity contribution in [1.29, 1.82) is 0 Å². The molecule has 4 aliphatic rings. The molecule has 0 saturated heterocycles. The Morgan fingerprint density at radius 2 is 1.97 bits per heavy atom. The molecule has 4 rings (SSSR count). The summed E-state index contributed by atoms with van der Waals surface area (Å²) in [5.74, 6) is 3.56. The van der Waals surface area contributed by atoms with Crippen molar-refractivity contribution in [2.45, 2.75) is 106 Å². The molecule has 0 radical (unpaired) electrons. The van der Waals surface area contributed by atoms with Gasteiger partial charge in [0.25, 0.3) is 11.9 Å². The minimum Gasteiger partial charge on any atom is -0.106 e. The van der Waals surface area contributed by atoms with E-state index >= 15 is 0 Å². The third-order valence-corrected chi connectivity index (χ3v) is 9.37. The van der Waals surface area contributed by atoms with Crippen molar-refractivity contribution in [3.05, 3.63) is 34.4 Å². The van der Waals surface area contributed by atoms with Gasteiger partial charge in [-0.25, -0.2) is 0 Å². The molecule has 0 aromatic rings. The Hall–Kier alpha value is -1.33. The largest absolute Gasteiger partial charge is 0.294 e. The van der Waals surface area contributed by atoms with Gasteiger partial charge in [-0.1, -0.05) is 78.5 Å². The maximum absolute atomic E-state index is 4.65. The molecule has 1 heteroatoms. The monoisotopic (exact) mass is 420 g/mol. The van der Waals surface area contributed by atoms with E-state index in [1.54, 1.807) is 16.7 Å². The molecule has 5 unspecified atom stereocenters. The quantitative estimate of drug-likeness (QED) is 0.337. The molecule has 31 heavy (non-hydrogen) atoms. The zero-order valence-electron chi connectivity index (χ0n) is 21.1. The van der Waals surface area contributed by atoms with Crippen LogP contribution in [0.3, 0.4) is 0 Å². The van der Waals surface area contributed by atoms with Crippen LogP contribution in [0.2, 0.25) is 0 Å². The molecule has 0 fully saturated rings. The lowest BCUT2D eigenvalue weighted by molar-refractivity contribution is 0.212. The van der Waals surface area contributed by atoms with Crippen LogP contribution in [0.1, 0.15) is 106 Å². The first-order valence-electron chi connectivity index (χ1n) is 13.4. The fourth-order valence-corrected chi connectivity index (χ4v) is 6.82. The zero-order valence-corrected chi connectivity index (χ0v) is 21.1. The summed E-state index contributed by atoms with van der Waals surface area (Å²) in [5, 5.41) is 0. The van der Waals surface area contributed by atoms with Crippen LogP contribution in [0.25, 0.3) is 0 Å². The number of nitrogens with zero attached hydrogens (tertiary/aromatic N) is 1. The van der Waals surface area contributed by atoms with Crippen LogP contribution in [0.15, 0.2) is 34.4 Å². The summed E-state index contributed by atoms with van der Waals surface area (Å²) in [7, 11) is 0. The SMILES string of the molecule is CCCCC(C)C(C)(C)CC1=CC2=C(C(CC)CC2C(C)C2=[N+]=CC2)C2CCCC=C12. The lowest BCUT2D eigenvalue weighted by Crippen LogP contribution is -2.29. The van der Waals surface area contributed by atoms with E-state index in [1.807, 2.05) is 5.57 Å². The van der Waals surface area contributed by atoms with E-state index in [0.717, 1.165) is 18.3 Å². The standard InChI is InChI=1S/C30H46N/c1-7-9-12-20(3)30(5,6)19-23-18-27-26(21(4)28-15-16-31-28)17-22(8-2)29(27)25-14-11-10-13-24(23)25/h13,16,18,20-22,25-26H,7-12,14-15,17,19H2,1-6H3/q+1. The molecule has 0 saturated carbocycles. The summed E-state index contributed by atoms with van der Waals surface area (Å²) in [6.45, 7) is 14.7. The zero-order chi connectivity index (χ0) is 22.2. The van der Waals surface area contributed by atoms with Crippen LogP contribution in [-0.4, -0.2) is 11.9 Å². The van der Waals surface area contributed by atoms with Crippen LogP contribution in [0.4, 0.5) is 0 Å². The summed E-state index contributed by atoms with van der Waals surface area (Å²) >= 11 is 0. The number of hydrogen-bond donors (Lipinski definition) is 0. The van der Waals surface area contributed by atoms with E-state index < -0.39 is 0 Å². The molecule has 1 aliphatic heterocycles. The summed E-state index contributed by atoms with van der Waals surface area (Å²) in [6.07, 6.45) is 20.5. The van der Waals surface area contributed by atoms with Gasteiger partial charge in [0.05, 0.1) is 5.92 Å². The van der Waals surface area contributed by atoms with Gasteiger partial charge in [0.2, 0.25) is 0 Å². The lowest BCUT2D eigenvalue weighted by atomic mass is 9.66. The number of allylic oxidation sites excluding steroid dienone is 6. The molecule has 0 aromatic heterocycles. The third-order valence-electron chi connectivity index (χ3n) is 9.37.